The first-order valence-corrected chi connectivity index (χ1v) is 9.33. The molecule has 0 saturated heterocycles. The normalized spacial score (nSPS) is 11.2. The second-order valence-electron chi connectivity index (χ2n) is 7.51. The molecule has 0 spiro atoms. The van der Waals surface area contributed by atoms with Gasteiger partial charge >= 0.3 is 5.63 Å². The van der Waals surface area contributed by atoms with E-state index in [1.54, 1.807) is 0 Å². The van der Waals surface area contributed by atoms with E-state index in [9.17, 15) is 9.59 Å². The number of amides is 1. The number of fused-ring (bicyclic) bond motifs is 1. The van der Waals surface area contributed by atoms with Crippen molar-refractivity contribution < 1.29 is 9.21 Å². The van der Waals surface area contributed by atoms with Crippen LogP contribution in [0.5, 0.6) is 0 Å². The Morgan fingerprint density at radius 1 is 1.00 bits per heavy atom. The molecule has 0 aliphatic heterocycles. The van der Waals surface area contributed by atoms with Gasteiger partial charge in [0.15, 0.2) is 0 Å². The van der Waals surface area contributed by atoms with Crippen molar-refractivity contribution in [2.24, 2.45) is 0 Å². The Labute approximate surface area is 165 Å². The van der Waals surface area contributed by atoms with Gasteiger partial charge in [-0.1, -0.05) is 18.2 Å². The average molecular weight is 378 g/mol. The lowest BCUT2D eigenvalue weighted by Gasteiger charge is -2.18. The van der Waals surface area contributed by atoms with Gasteiger partial charge in [0.2, 0.25) is 5.91 Å². The maximum absolute atomic E-state index is 12.5. The lowest BCUT2D eigenvalue weighted by molar-refractivity contribution is -0.117. The van der Waals surface area contributed by atoms with E-state index in [1.807, 2.05) is 70.0 Å². The summed E-state index contributed by atoms with van der Waals surface area (Å²) < 4.78 is 5.35. The molecule has 0 aliphatic rings. The predicted molar refractivity (Wildman–Crippen MR) is 113 cm³/mol. The standard InChI is InChI=1S/C23H26N2O3/c1-14-7-6-8-15(2)23(14)24-21(26)13-25(5)12-18-11-22(27)28-20-10-17(4)16(3)9-19(18)20/h6-11H,12-13H2,1-5H3,(H,24,26). The minimum absolute atomic E-state index is 0.0841. The molecule has 1 N–H and O–H groups in total. The lowest BCUT2D eigenvalue weighted by atomic mass is 10.0. The van der Waals surface area contributed by atoms with E-state index in [-0.39, 0.29) is 18.1 Å². The van der Waals surface area contributed by atoms with Gasteiger partial charge in [-0.05, 0) is 74.7 Å². The summed E-state index contributed by atoms with van der Waals surface area (Å²) in [7, 11) is 1.87. The van der Waals surface area contributed by atoms with E-state index in [4.69, 9.17) is 4.42 Å². The number of hydrogen-bond donors (Lipinski definition) is 1. The Morgan fingerprint density at radius 3 is 2.32 bits per heavy atom. The summed E-state index contributed by atoms with van der Waals surface area (Å²) in [6.45, 7) is 8.68. The molecule has 5 nitrogen and oxygen atoms in total. The fraction of sp³-hybridized carbons (Fsp3) is 0.304. The second kappa shape index (κ2) is 7.98. The Kier molecular flexibility index (Phi) is 5.66. The third-order valence-electron chi connectivity index (χ3n) is 5.04. The maximum Gasteiger partial charge on any atom is 0.336 e. The average Bonchev–Trinajstić information content (AvgIpc) is 2.60. The van der Waals surface area contributed by atoms with Crippen LogP contribution < -0.4 is 10.9 Å². The molecular weight excluding hydrogens is 352 g/mol. The minimum atomic E-state index is -0.376. The van der Waals surface area contributed by atoms with Crippen LogP contribution in [0.2, 0.25) is 0 Å². The molecule has 0 bridgehead atoms. The SMILES string of the molecule is Cc1cc2oc(=O)cc(CN(C)CC(=O)Nc3c(C)cccc3C)c2cc1C. The number of anilines is 1. The largest absolute Gasteiger partial charge is 0.423 e. The number of benzene rings is 2. The van der Waals surface area contributed by atoms with E-state index in [0.717, 1.165) is 38.9 Å². The van der Waals surface area contributed by atoms with E-state index in [1.165, 1.54) is 6.07 Å². The van der Waals surface area contributed by atoms with Crippen molar-refractivity contribution >= 4 is 22.6 Å². The first-order valence-electron chi connectivity index (χ1n) is 9.33. The molecule has 28 heavy (non-hydrogen) atoms. The highest BCUT2D eigenvalue weighted by Gasteiger charge is 2.13. The maximum atomic E-state index is 12.5. The van der Waals surface area contributed by atoms with Crippen LogP contribution in [0.3, 0.4) is 0 Å². The van der Waals surface area contributed by atoms with Gasteiger partial charge in [0.05, 0.1) is 6.54 Å². The summed E-state index contributed by atoms with van der Waals surface area (Å²) in [5.41, 5.74) is 6.21. The topological polar surface area (TPSA) is 62.6 Å². The molecule has 2 aromatic carbocycles. The van der Waals surface area contributed by atoms with Gasteiger partial charge in [-0.3, -0.25) is 9.69 Å². The third kappa shape index (κ3) is 4.31. The Morgan fingerprint density at radius 2 is 1.64 bits per heavy atom. The van der Waals surface area contributed by atoms with E-state index in [0.29, 0.717) is 12.1 Å². The molecule has 146 valence electrons. The first-order chi connectivity index (χ1) is 13.2. The third-order valence-corrected chi connectivity index (χ3v) is 5.04. The van der Waals surface area contributed by atoms with Crippen LogP contribution in [0.25, 0.3) is 11.0 Å². The van der Waals surface area contributed by atoms with Crippen molar-refractivity contribution in [3.8, 4) is 0 Å². The lowest BCUT2D eigenvalue weighted by Crippen LogP contribution is -2.30. The number of nitrogens with one attached hydrogen (secondary N) is 1. The van der Waals surface area contributed by atoms with Gasteiger partial charge in [0.1, 0.15) is 5.58 Å². The molecule has 1 aromatic heterocycles. The van der Waals surface area contributed by atoms with Gasteiger partial charge in [-0.2, -0.15) is 0 Å². The van der Waals surface area contributed by atoms with Crippen LogP contribution in [0.4, 0.5) is 5.69 Å². The van der Waals surface area contributed by atoms with Crippen LogP contribution >= 0.6 is 0 Å². The van der Waals surface area contributed by atoms with Crippen molar-refractivity contribution in [1.29, 1.82) is 0 Å². The van der Waals surface area contributed by atoms with Gasteiger partial charge in [-0.25, -0.2) is 4.79 Å². The summed E-state index contributed by atoms with van der Waals surface area (Å²) in [4.78, 5) is 26.4. The van der Waals surface area contributed by atoms with Gasteiger partial charge in [0, 0.05) is 23.7 Å². The summed E-state index contributed by atoms with van der Waals surface area (Å²) in [5, 5.41) is 3.91. The van der Waals surface area contributed by atoms with Gasteiger partial charge in [-0.15, -0.1) is 0 Å². The fourth-order valence-corrected chi connectivity index (χ4v) is 3.40. The number of carbonyl (C=O) groups excluding carboxylic acids is 1. The highest BCUT2D eigenvalue weighted by atomic mass is 16.4. The van der Waals surface area contributed by atoms with Crippen molar-refractivity contribution in [2.75, 3.05) is 18.9 Å². The van der Waals surface area contributed by atoms with E-state index in [2.05, 4.69) is 5.32 Å². The van der Waals surface area contributed by atoms with Crippen molar-refractivity contribution in [3.63, 3.8) is 0 Å². The van der Waals surface area contributed by atoms with Crippen LogP contribution in [0, 0.1) is 27.7 Å². The molecular formula is C23H26N2O3. The second-order valence-corrected chi connectivity index (χ2v) is 7.51. The molecule has 0 unspecified atom stereocenters. The zero-order valence-corrected chi connectivity index (χ0v) is 17.1. The highest BCUT2D eigenvalue weighted by Crippen LogP contribution is 2.23. The van der Waals surface area contributed by atoms with Crippen LogP contribution in [-0.2, 0) is 11.3 Å². The zero-order valence-electron chi connectivity index (χ0n) is 17.1. The van der Waals surface area contributed by atoms with E-state index < -0.39 is 0 Å². The minimum Gasteiger partial charge on any atom is -0.423 e. The molecule has 0 aliphatic carbocycles. The first kappa shape index (κ1) is 19.8. The predicted octanol–water partition coefficient (Wildman–Crippen LogP) is 4.10. The smallest absolute Gasteiger partial charge is 0.336 e. The Balaban J connectivity index is 1.78. The number of carbonyl (C=O) groups is 1. The van der Waals surface area contributed by atoms with Gasteiger partial charge < -0.3 is 9.73 Å². The number of nitrogens with zero attached hydrogens (tertiary/aromatic N) is 1. The number of likely N-dealkylation sites (N-methyl/N-ethyl adjacent to an activating group) is 1. The number of aryl methyl sites for hydroxylation is 4. The molecule has 5 heteroatoms. The molecule has 1 amide bonds. The summed E-state index contributed by atoms with van der Waals surface area (Å²) in [5.74, 6) is -0.0841. The monoisotopic (exact) mass is 378 g/mol. The summed E-state index contributed by atoms with van der Waals surface area (Å²) in [6, 6.07) is 11.4. The Hall–Kier alpha value is -2.92. The van der Waals surface area contributed by atoms with Crippen molar-refractivity contribution in [3.05, 3.63) is 74.6 Å². The molecule has 0 radical (unpaired) electrons. The van der Waals surface area contributed by atoms with Crippen molar-refractivity contribution in [2.45, 2.75) is 34.2 Å². The molecule has 3 rings (SSSR count). The summed E-state index contributed by atoms with van der Waals surface area (Å²) in [6.07, 6.45) is 0. The van der Waals surface area contributed by atoms with E-state index >= 15 is 0 Å². The van der Waals surface area contributed by atoms with Crippen LogP contribution in [0.1, 0.15) is 27.8 Å². The number of hydrogen-bond acceptors (Lipinski definition) is 4. The fourth-order valence-electron chi connectivity index (χ4n) is 3.40. The van der Waals surface area contributed by atoms with Crippen LogP contribution in [-0.4, -0.2) is 24.4 Å². The quantitative estimate of drug-likeness (QED) is 0.679. The zero-order chi connectivity index (χ0) is 20.4. The highest BCUT2D eigenvalue weighted by molar-refractivity contribution is 5.93. The molecule has 1 heterocycles. The molecule has 0 atom stereocenters. The molecule has 0 fully saturated rings. The summed E-state index contributed by atoms with van der Waals surface area (Å²) >= 11 is 0. The Bertz CT molecular complexity index is 1080. The van der Waals surface area contributed by atoms with Gasteiger partial charge in [0.25, 0.3) is 0 Å². The van der Waals surface area contributed by atoms with Crippen molar-refractivity contribution in [1.82, 2.24) is 4.90 Å². The molecule has 3 aromatic rings. The number of rotatable bonds is 5. The van der Waals surface area contributed by atoms with Crippen LogP contribution in [0.15, 0.2) is 45.6 Å². The molecule has 0 saturated carbocycles. The number of para-hydroxylation sites is 1.